The van der Waals surface area contributed by atoms with Gasteiger partial charge >= 0.3 is 0 Å². The summed E-state index contributed by atoms with van der Waals surface area (Å²) in [5.41, 5.74) is 0. The molecule has 2 aromatic rings. The number of aromatic nitrogens is 3. The van der Waals surface area contributed by atoms with E-state index in [-0.39, 0.29) is 17.8 Å². The molecule has 0 fully saturated rings. The summed E-state index contributed by atoms with van der Waals surface area (Å²) >= 11 is 0. The fourth-order valence-electron chi connectivity index (χ4n) is 2.03. The summed E-state index contributed by atoms with van der Waals surface area (Å²) in [6, 6.07) is 7.48. The molecule has 0 bridgehead atoms. The number of para-hydroxylation sites is 2. The van der Waals surface area contributed by atoms with Crippen molar-refractivity contribution in [3.8, 4) is 11.5 Å². The van der Waals surface area contributed by atoms with E-state index in [4.69, 9.17) is 9.47 Å². The van der Waals surface area contributed by atoms with Gasteiger partial charge in [0.25, 0.3) is 5.91 Å². The van der Waals surface area contributed by atoms with Crippen molar-refractivity contribution in [2.45, 2.75) is 6.10 Å². The van der Waals surface area contributed by atoms with Gasteiger partial charge in [-0.25, -0.2) is 4.98 Å². The smallest absolute Gasteiger partial charge is 0.291 e. The number of nitrogens with one attached hydrogen (secondary N) is 1. The Kier molecular flexibility index (Phi) is 3.24. The molecule has 20 heavy (non-hydrogen) atoms. The fraction of sp³-hybridized carbons (Fsp3) is 0.308. The monoisotopic (exact) mass is 274 g/mol. The maximum absolute atomic E-state index is 12.0. The molecule has 0 spiro atoms. The molecule has 7 heteroatoms. The molecule has 1 amide bonds. The van der Waals surface area contributed by atoms with E-state index in [9.17, 15) is 4.79 Å². The van der Waals surface area contributed by atoms with Crippen LogP contribution in [-0.4, -0.2) is 52.3 Å². The summed E-state index contributed by atoms with van der Waals surface area (Å²) in [4.78, 5) is 17.4. The third-order valence-corrected chi connectivity index (χ3v) is 3.01. The lowest BCUT2D eigenvalue weighted by Crippen LogP contribution is -2.42. The topological polar surface area (TPSA) is 80.3 Å². The van der Waals surface area contributed by atoms with Crippen LogP contribution < -0.4 is 9.47 Å². The number of fused-ring (bicyclic) bond motifs is 1. The molecule has 2 heterocycles. The number of rotatable bonds is 3. The van der Waals surface area contributed by atoms with E-state index >= 15 is 0 Å². The molecule has 1 atom stereocenters. The zero-order valence-corrected chi connectivity index (χ0v) is 10.9. The maximum Gasteiger partial charge on any atom is 0.291 e. The molecular formula is C13H14N4O3. The summed E-state index contributed by atoms with van der Waals surface area (Å²) in [5, 5.41) is 6.21. The molecule has 1 aromatic carbocycles. The minimum atomic E-state index is -0.232. The van der Waals surface area contributed by atoms with E-state index in [0.717, 1.165) is 5.75 Å². The number of ether oxygens (including phenoxy) is 2. The number of amides is 1. The zero-order valence-electron chi connectivity index (χ0n) is 10.9. The van der Waals surface area contributed by atoms with Gasteiger partial charge in [0.05, 0.1) is 6.54 Å². The second kappa shape index (κ2) is 5.20. The number of H-pyrrole nitrogens is 1. The number of nitrogens with zero attached hydrogens (tertiary/aromatic N) is 3. The quantitative estimate of drug-likeness (QED) is 0.892. The van der Waals surface area contributed by atoms with Crippen molar-refractivity contribution in [2.75, 3.05) is 20.2 Å². The first-order chi connectivity index (χ1) is 9.74. The lowest BCUT2D eigenvalue weighted by molar-refractivity contribution is 0.0514. The Bertz CT molecular complexity index is 599. The molecular weight excluding hydrogens is 260 g/mol. The van der Waals surface area contributed by atoms with Crippen LogP contribution >= 0.6 is 0 Å². The highest BCUT2D eigenvalue weighted by molar-refractivity contribution is 5.90. The van der Waals surface area contributed by atoms with Gasteiger partial charge in [0.1, 0.15) is 12.9 Å². The van der Waals surface area contributed by atoms with E-state index in [2.05, 4.69) is 15.2 Å². The van der Waals surface area contributed by atoms with E-state index in [0.29, 0.717) is 18.9 Å². The molecule has 1 N–H and O–H groups in total. The second-order valence-corrected chi connectivity index (χ2v) is 4.52. The highest BCUT2D eigenvalue weighted by Gasteiger charge is 2.24. The Labute approximate surface area is 115 Å². The molecule has 3 rings (SSSR count). The maximum atomic E-state index is 12.0. The SMILES string of the molecule is CN(CC1COc2ccccc2O1)C(=O)c1ncn[nH]1. The molecule has 1 aliphatic heterocycles. The van der Waals surface area contributed by atoms with E-state index < -0.39 is 0 Å². The zero-order chi connectivity index (χ0) is 13.9. The minimum Gasteiger partial charge on any atom is -0.486 e. The van der Waals surface area contributed by atoms with Crippen LogP contribution in [0.15, 0.2) is 30.6 Å². The molecule has 1 aliphatic rings. The van der Waals surface area contributed by atoms with Crippen molar-refractivity contribution in [3.05, 3.63) is 36.4 Å². The van der Waals surface area contributed by atoms with Crippen molar-refractivity contribution >= 4 is 5.91 Å². The van der Waals surface area contributed by atoms with Gasteiger partial charge in [0.2, 0.25) is 5.82 Å². The van der Waals surface area contributed by atoms with E-state index in [1.165, 1.54) is 11.2 Å². The van der Waals surface area contributed by atoms with Crippen LogP contribution in [0.3, 0.4) is 0 Å². The van der Waals surface area contributed by atoms with Gasteiger partial charge in [-0.1, -0.05) is 12.1 Å². The van der Waals surface area contributed by atoms with Crippen LogP contribution in [-0.2, 0) is 0 Å². The van der Waals surface area contributed by atoms with Gasteiger partial charge in [-0.05, 0) is 12.1 Å². The molecule has 0 saturated carbocycles. The Morgan fingerprint density at radius 1 is 1.45 bits per heavy atom. The number of benzene rings is 1. The third kappa shape index (κ3) is 2.42. The lowest BCUT2D eigenvalue weighted by Gasteiger charge is -2.29. The highest BCUT2D eigenvalue weighted by Crippen LogP contribution is 2.30. The lowest BCUT2D eigenvalue weighted by atomic mass is 10.2. The van der Waals surface area contributed by atoms with Crippen LogP contribution in [0.25, 0.3) is 0 Å². The number of aromatic amines is 1. The summed E-state index contributed by atoms with van der Waals surface area (Å²) in [7, 11) is 1.69. The van der Waals surface area contributed by atoms with Crippen LogP contribution in [0, 0.1) is 0 Å². The summed E-state index contributed by atoms with van der Waals surface area (Å²) in [5.74, 6) is 1.41. The van der Waals surface area contributed by atoms with Gasteiger partial charge in [-0.3, -0.25) is 9.89 Å². The third-order valence-electron chi connectivity index (χ3n) is 3.01. The normalized spacial score (nSPS) is 16.8. The number of likely N-dealkylation sites (N-methyl/N-ethyl adjacent to an activating group) is 1. The van der Waals surface area contributed by atoms with Crippen LogP contribution in [0.5, 0.6) is 11.5 Å². The van der Waals surface area contributed by atoms with Gasteiger partial charge in [0, 0.05) is 7.05 Å². The largest absolute Gasteiger partial charge is 0.486 e. The van der Waals surface area contributed by atoms with Crippen molar-refractivity contribution < 1.29 is 14.3 Å². The van der Waals surface area contributed by atoms with Gasteiger partial charge < -0.3 is 14.4 Å². The Balaban J connectivity index is 1.63. The van der Waals surface area contributed by atoms with Gasteiger partial charge in [-0.2, -0.15) is 5.10 Å². The van der Waals surface area contributed by atoms with Crippen molar-refractivity contribution in [2.24, 2.45) is 0 Å². The first kappa shape index (κ1) is 12.5. The molecule has 1 unspecified atom stereocenters. The molecule has 0 radical (unpaired) electrons. The summed E-state index contributed by atoms with van der Waals surface area (Å²) in [6.07, 6.45) is 1.10. The van der Waals surface area contributed by atoms with Gasteiger partial charge in [-0.15, -0.1) is 0 Å². The summed E-state index contributed by atoms with van der Waals surface area (Å²) in [6.45, 7) is 0.818. The van der Waals surface area contributed by atoms with Crippen molar-refractivity contribution in [1.29, 1.82) is 0 Å². The van der Waals surface area contributed by atoms with Gasteiger partial charge in [0.15, 0.2) is 17.6 Å². The number of carbonyl (C=O) groups excluding carboxylic acids is 1. The predicted octanol–water partition coefficient (Wildman–Crippen LogP) is 0.717. The standard InChI is InChI=1S/C13H14N4O3/c1-17(13(18)12-14-8-15-16-12)6-9-7-19-10-4-2-3-5-11(10)20-9/h2-5,8-9H,6-7H2,1H3,(H,14,15,16). The average Bonchev–Trinajstić information content (AvgIpc) is 3.00. The van der Waals surface area contributed by atoms with Crippen LogP contribution in [0.1, 0.15) is 10.6 Å². The Hall–Kier alpha value is -2.57. The number of carbonyl (C=O) groups is 1. The van der Waals surface area contributed by atoms with E-state index in [1.807, 2.05) is 24.3 Å². The second-order valence-electron chi connectivity index (χ2n) is 4.52. The number of hydrogen-bond donors (Lipinski definition) is 1. The molecule has 7 nitrogen and oxygen atoms in total. The predicted molar refractivity (Wildman–Crippen MR) is 69.7 cm³/mol. The average molecular weight is 274 g/mol. The minimum absolute atomic E-state index is 0.207. The first-order valence-corrected chi connectivity index (χ1v) is 6.23. The van der Waals surface area contributed by atoms with Crippen LogP contribution in [0.4, 0.5) is 0 Å². The Morgan fingerprint density at radius 2 is 2.25 bits per heavy atom. The first-order valence-electron chi connectivity index (χ1n) is 6.23. The molecule has 1 aromatic heterocycles. The number of hydrogen-bond acceptors (Lipinski definition) is 5. The van der Waals surface area contributed by atoms with Crippen molar-refractivity contribution in [3.63, 3.8) is 0 Å². The summed E-state index contributed by atoms with van der Waals surface area (Å²) < 4.78 is 11.4. The van der Waals surface area contributed by atoms with E-state index in [1.54, 1.807) is 7.05 Å². The van der Waals surface area contributed by atoms with Crippen molar-refractivity contribution in [1.82, 2.24) is 20.1 Å². The fourth-order valence-corrected chi connectivity index (χ4v) is 2.03. The van der Waals surface area contributed by atoms with Crippen LogP contribution in [0.2, 0.25) is 0 Å². The Morgan fingerprint density at radius 3 is 3.00 bits per heavy atom. The molecule has 0 saturated heterocycles. The molecule has 0 aliphatic carbocycles. The highest BCUT2D eigenvalue weighted by atomic mass is 16.6. The molecule has 104 valence electrons.